The first kappa shape index (κ1) is 23.2. The number of thiophene rings is 2. The molecule has 3 aromatic rings. The summed E-state index contributed by atoms with van der Waals surface area (Å²) < 4.78 is 6.74. The van der Waals surface area contributed by atoms with Crippen LogP contribution in [0.4, 0.5) is 5.00 Å². The Morgan fingerprint density at radius 1 is 1.35 bits per heavy atom. The first-order valence-electron chi connectivity index (χ1n) is 9.58. The highest BCUT2D eigenvalue weighted by Crippen LogP contribution is 2.32. The summed E-state index contributed by atoms with van der Waals surface area (Å²) in [4.78, 5) is 26.6. The minimum absolute atomic E-state index is 0.133. The van der Waals surface area contributed by atoms with Gasteiger partial charge >= 0.3 is 5.97 Å². The number of rotatable bonds is 9. The van der Waals surface area contributed by atoms with E-state index in [1.165, 1.54) is 35.1 Å². The molecule has 0 aliphatic heterocycles. The third-order valence-electron chi connectivity index (χ3n) is 4.32. The minimum Gasteiger partial charge on any atom is -0.465 e. The van der Waals surface area contributed by atoms with E-state index in [2.05, 4.69) is 47.4 Å². The number of nitrogens with zero attached hydrogens (tertiary/aromatic N) is 3. The molecule has 0 aliphatic rings. The molecule has 10 heteroatoms. The zero-order chi connectivity index (χ0) is 22.5. The summed E-state index contributed by atoms with van der Waals surface area (Å²) in [6.45, 7) is 10.6. The van der Waals surface area contributed by atoms with Crippen LogP contribution in [0.3, 0.4) is 0 Å². The summed E-state index contributed by atoms with van der Waals surface area (Å²) in [6, 6.07) is 3.84. The molecule has 0 bridgehead atoms. The van der Waals surface area contributed by atoms with Gasteiger partial charge in [0.05, 0.1) is 18.4 Å². The molecule has 3 heterocycles. The van der Waals surface area contributed by atoms with Crippen LogP contribution in [-0.2, 0) is 16.1 Å². The molecule has 0 saturated carbocycles. The highest BCUT2D eigenvalue weighted by atomic mass is 32.2. The summed E-state index contributed by atoms with van der Waals surface area (Å²) in [6.07, 6.45) is 1.78. The number of nitrogens with one attached hydrogen (secondary N) is 1. The lowest BCUT2D eigenvalue weighted by Crippen LogP contribution is -2.16. The van der Waals surface area contributed by atoms with Gasteiger partial charge in [0, 0.05) is 27.2 Å². The monoisotopic (exact) mass is 476 g/mol. The SMILES string of the molecule is C=CCn1c(SCC(=O)Nc2sc(C)cc2C(=O)OC)nnc1-c1csc(C(C)C)c1. The summed E-state index contributed by atoms with van der Waals surface area (Å²) in [5, 5.41) is 14.6. The molecular formula is C21H24N4O3S3. The van der Waals surface area contributed by atoms with Gasteiger partial charge in [0.1, 0.15) is 5.00 Å². The van der Waals surface area contributed by atoms with E-state index in [0.717, 1.165) is 16.3 Å². The number of aromatic nitrogens is 3. The molecule has 0 radical (unpaired) electrons. The number of amides is 1. The largest absolute Gasteiger partial charge is 0.465 e. The molecule has 0 unspecified atom stereocenters. The van der Waals surface area contributed by atoms with Crippen molar-refractivity contribution < 1.29 is 14.3 Å². The molecule has 7 nitrogen and oxygen atoms in total. The lowest BCUT2D eigenvalue weighted by atomic mass is 10.1. The van der Waals surface area contributed by atoms with Crippen molar-refractivity contribution in [2.45, 2.75) is 38.4 Å². The van der Waals surface area contributed by atoms with Crippen molar-refractivity contribution in [3.05, 3.63) is 45.5 Å². The number of hydrogen-bond donors (Lipinski definition) is 1. The van der Waals surface area contributed by atoms with Crippen LogP contribution in [0.5, 0.6) is 0 Å². The fourth-order valence-corrected chi connectivity index (χ4v) is 5.40. The summed E-state index contributed by atoms with van der Waals surface area (Å²) >= 11 is 4.33. The van der Waals surface area contributed by atoms with Crippen molar-refractivity contribution in [1.82, 2.24) is 14.8 Å². The number of anilines is 1. The molecule has 3 aromatic heterocycles. The lowest BCUT2D eigenvalue weighted by molar-refractivity contribution is -0.113. The van der Waals surface area contributed by atoms with Crippen molar-refractivity contribution in [2.75, 3.05) is 18.2 Å². The van der Waals surface area contributed by atoms with Gasteiger partial charge in [0.2, 0.25) is 5.91 Å². The highest BCUT2D eigenvalue weighted by Gasteiger charge is 2.19. The standard InChI is InChI=1S/C21H24N4O3S3/c1-6-7-25-18(14-9-16(12(2)3)29-10-14)23-24-21(25)30-11-17(26)22-19-15(20(27)28-5)8-13(4)31-19/h6,8-10,12H,1,7,11H2,2-5H3,(H,22,26). The van der Waals surface area contributed by atoms with Gasteiger partial charge in [0.25, 0.3) is 0 Å². The molecule has 3 rings (SSSR count). The van der Waals surface area contributed by atoms with Crippen LogP contribution < -0.4 is 5.32 Å². The first-order valence-corrected chi connectivity index (χ1v) is 12.3. The van der Waals surface area contributed by atoms with Gasteiger partial charge in [0.15, 0.2) is 11.0 Å². The van der Waals surface area contributed by atoms with Crippen LogP contribution in [0.1, 0.15) is 39.9 Å². The molecule has 164 valence electrons. The van der Waals surface area contributed by atoms with E-state index in [9.17, 15) is 9.59 Å². The van der Waals surface area contributed by atoms with Gasteiger partial charge < -0.3 is 10.1 Å². The van der Waals surface area contributed by atoms with E-state index in [4.69, 9.17) is 4.74 Å². The number of methoxy groups -OCH3 is 1. The number of ether oxygens (including phenoxy) is 1. The van der Waals surface area contributed by atoms with Crippen LogP contribution in [0.25, 0.3) is 11.4 Å². The van der Waals surface area contributed by atoms with Gasteiger partial charge in [-0.3, -0.25) is 9.36 Å². The maximum Gasteiger partial charge on any atom is 0.340 e. The van der Waals surface area contributed by atoms with E-state index >= 15 is 0 Å². The summed E-state index contributed by atoms with van der Waals surface area (Å²) in [5.41, 5.74) is 1.37. The Labute approximate surface area is 193 Å². The Balaban J connectivity index is 1.73. The number of thioether (sulfide) groups is 1. The van der Waals surface area contributed by atoms with Crippen molar-refractivity contribution in [3.8, 4) is 11.4 Å². The molecular weight excluding hydrogens is 452 g/mol. The molecule has 1 N–H and O–H groups in total. The quantitative estimate of drug-likeness (QED) is 0.259. The van der Waals surface area contributed by atoms with E-state index in [1.807, 2.05) is 11.5 Å². The molecule has 0 saturated heterocycles. The van der Waals surface area contributed by atoms with E-state index in [1.54, 1.807) is 23.5 Å². The van der Waals surface area contributed by atoms with Crippen molar-refractivity contribution in [2.24, 2.45) is 0 Å². The Bertz CT molecular complexity index is 1100. The molecule has 31 heavy (non-hydrogen) atoms. The maximum atomic E-state index is 12.5. The predicted molar refractivity (Wildman–Crippen MR) is 127 cm³/mol. The van der Waals surface area contributed by atoms with Gasteiger partial charge in [-0.15, -0.1) is 39.4 Å². The predicted octanol–water partition coefficient (Wildman–Crippen LogP) is 5.20. The number of carbonyl (C=O) groups is 2. The number of esters is 1. The fraction of sp³-hybridized carbons (Fsp3) is 0.333. The maximum absolute atomic E-state index is 12.5. The first-order chi connectivity index (χ1) is 14.8. The number of allylic oxidation sites excluding steroid dienone is 1. The normalized spacial score (nSPS) is 11.0. The Morgan fingerprint density at radius 3 is 2.77 bits per heavy atom. The minimum atomic E-state index is -0.473. The van der Waals surface area contributed by atoms with Crippen molar-refractivity contribution in [3.63, 3.8) is 0 Å². The van der Waals surface area contributed by atoms with Crippen LogP contribution in [-0.4, -0.2) is 39.5 Å². The second kappa shape index (κ2) is 10.3. The Kier molecular flexibility index (Phi) is 7.69. The zero-order valence-electron chi connectivity index (χ0n) is 17.8. The average Bonchev–Trinajstić information content (AvgIpc) is 3.45. The van der Waals surface area contributed by atoms with E-state index in [-0.39, 0.29) is 11.7 Å². The Hall–Kier alpha value is -2.43. The third kappa shape index (κ3) is 5.44. The molecule has 0 aromatic carbocycles. The molecule has 0 spiro atoms. The number of carbonyl (C=O) groups excluding carboxylic acids is 2. The van der Waals surface area contributed by atoms with Gasteiger partial charge in [-0.25, -0.2) is 4.79 Å². The molecule has 0 fully saturated rings. The molecule has 1 amide bonds. The van der Waals surface area contributed by atoms with E-state index < -0.39 is 5.97 Å². The third-order valence-corrected chi connectivity index (χ3v) is 7.49. The topological polar surface area (TPSA) is 86.1 Å². The highest BCUT2D eigenvalue weighted by molar-refractivity contribution is 7.99. The van der Waals surface area contributed by atoms with Gasteiger partial charge in [-0.2, -0.15) is 0 Å². The average molecular weight is 477 g/mol. The van der Waals surface area contributed by atoms with Crippen LogP contribution in [0.2, 0.25) is 0 Å². The van der Waals surface area contributed by atoms with Crippen LogP contribution in [0.15, 0.2) is 35.3 Å². The number of aryl methyl sites for hydroxylation is 1. The lowest BCUT2D eigenvalue weighted by Gasteiger charge is -2.07. The van der Waals surface area contributed by atoms with Crippen LogP contribution >= 0.6 is 34.4 Å². The summed E-state index contributed by atoms with van der Waals surface area (Å²) in [5.74, 6) is 0.632. The zero-order valence-corrected chi connectivity index (χ0v) is 20.2. The smallest absolute Gasteiger partial charge is 0.340 e. The van der Waals surface area contributed by atoms with Gasteiger partial charge in [-0.1, -0.05) is 31.7 Å². The van der Waals surface area contributed by atoms with Gasteiger partial charge in [-0.05, 0) is 25.0 Å². The second-order valence-corrected chi connectivity index (χ2v) is 10.2. The van der Waals surface area contributed by atoms with Crippen LogP contribution in [0, 0.1) is 6.92 Å². The van der Waals surface area contributed by atoms with Crippen molar-refractivity contribution in [1.29, 1.82) is 0 Å². The Morgan fingerprint density at radius 2 is 2.13 bits per heavy atom. The van der Waals surface area contributed by atoms with Crippen molar-refractivity contribution >= 4 is 51.3 Å². The van der Waals surface area contributed by atoms with E-state index in [0.29, 0.717) is 28.2 Å². The second-order valence-electron chi connectivity index (χ2n) is 7.03. The fourth-order valence-electron chi connectivity index (χ4n) is 2.84. The molecule has 0 aliphatic carbocycles. The number of hydrogen-bond acceptors (Lipinski definition) is 8. The summed E-state index contributed by atoms with van der Waals surface area (Å²) in [7, 11) is 1.32. The molecule has 0 atom stereocenters.